The van der Waals surface area contributed by atoms with Crippen LogP contribution in [0.2, 0.25) is 0 Å². The Hall–Kier alpha value is -1.19. The minimum atomic E-state index is -2.80. The summed E-state index contributed by atoms with van der Waals surface area (Å²) in [6.07, 6.45) is 9.18. The van der Waals surface area contributed by atoms with Gasteiger partial charge in [-0.3, -0.25) is 0 Å². The molecule has 1 aliphatic carbocycles. The molecule has 1 saturated carbocycles. The van der Waals surface area contributed by atoms with Crippen LogP contribution in [0.15, 0.2) is 18.3 Å². The quantitative estimate of drug-likeness (QED) is 0.769. The monoisotopic (exact) mass is 269 g/mol. The smallest absolute Gasteiger partial charge is 0.388 e. The van der Waals surface area contributed by atoms with Crippen LogP contribution < -0.4 is 4.74 Å². The fourth-order valence-electron chi connectivity index (χ4n) is 2.99. The summed E-state index contributed by atoms with van der Waals surface area (Å²) >= 11 is 0. The molecule has 0 aromatic carbocycles. The first kappa shape index (κ1) is 14.2. The number of hydrogen-bond acceptors (Lipinski definition) is 2. The number of alkyl halides is 2. The Morgan fingerprint density at radius 2 is 2.00 bits per heavy atom. The maximum absolute atomic E-state index is 12.0. The number of nitrogens with zero attached hydrogens (tertiary/aromatic N) is 1. The fraction of sp³-hybridized carbons (Fsp3) is 0.667. The second-order valence-corrected chi connectivity index (χ2v) is 5.31. The lowest BCUT2D eigenvalue weighted by Gasteiger charge is -2.28. The van der Waals surface area contributed by atoms with E-state index >= 15 is 0 Å². The fourth-order valence-corrected chi connectivity index (χ4v) is 2.99. The third-order valence-electron chi connectivity index (χ3n) is 3.98. The SMILES string of the molecule is CCCC1CCC(c2ccc(OC(F)F)nc2)CC1. The third kappa shape index (κ3) is 4.15. The number of ether oxygens (including phenoxy) is 1. The number of halogens is 2. The molecule has 0 bridgehead atoms. The Balaban J connectivity index is 1.89. The average Bonchev–Trinajstić information content (AvgIpc) is 2.40. The van der Waals surface area contributed by atoms with Crippen LogP contribution in [0.4, 0.5) is 8.78 Å². The lowest BCUT2D eigenvalue weighted by atomic mass is 9.77. The lowest BCUT2D eigenvalue weighted by Crippen LogP contribution is -2.13. The van der Waals surface area contributed by atoms with Gasteiger partial charge in [0.2, 0.25) is 5.88 Å². The van der Waals surface area contributed by atoms with E-state index in [0.717, 1.165) is 11.5 Å². The van der Waals surface area contributed by atoms with Gasteiger partial charge >= 0.3 is 6.61 Å². The van der Waals surface area contributed by atoms with Gasteiger partial charge in [0, 0.05) is 12.3 Å². The first-order valence-electron chi connectivity index (χ1n) is 7.09. The van der Waals surface area contributed by atoms with E-state index < -0.39 is 6.61 Å². The highest BCUT2D eigenvalue weighted by molar-refractivity contribution is 5.21. The molecule has 0 atom stereocenters. The van der Waals surface area contributed by atoms with Crippen molar-refractivity contribution in [2.24, 2.45) is 5.92 Å². The molecule has 106 valence electrons. The van der Waals surface area contributed by atoms with Gasteiger partial charge < -0.3 is 4.74 Å². The molecule has 0 amide bonds. The van der Waals surface area contributed by atoms with E-state index in [-0.39, 0.29) is 5.88 Å². The van der Waals surface area contributed by atoms with Crippen molar-refractivity contribution >= 4 is 0 Å². The highest BCUT2D eigenvalue weighted by atomic mass is 19.3. The van der Waals surface area contributed by atoms with Crippen LogP contribution in [0, 0.1) is 5.92 Å². The Morgan fingerprint density at radius 3 is 2.53 bits per heavy atom. The Kier molecular flexibility index (Phi) is 5.11. The number of hydrogen-bond donors (Lipinski definition) is 0. The first-order valence-corrected chi connectivity index (χ1v) is 7.09. The molecule has 1 fully saturated rings. The summed E-state index contributed by atoms with van der Waals surface area (Å²) in [6, 6.07) is 3.41. The molecule has 4 heteroatoms. The summed E-state index contributed by atoms with van der Waals surface area (Å²) in [5.41, 5.74) is 1.15. The maximum Gasteiger partial charge on any atom is 0.388 e. The van der Waals surface area contributed by atoms with Crippen LogP contribution in [-0.2, 0) is 0 Å². The zero-order chi connectivity index (χ0) is 13.7. The standard InChI is InChI=1S/C15H21F2NO/c1-2-3-11-4-6-12(7-5-11)13-8-9-14(18-10-13)19-15(16)17/h8-12,15H,2-7H2,1H3. The van der Waals surface area contributed by atoms with Crippen molar-refractivity contribution in [3.63, 3.8) is 0 Å². The topological polar surface area (TPSA) is 22.1 Å². The zero-order valence-corrected chi connectivity index (χ0v) is 11.3. The van der Waals surface area contributed by atoms with Crippen molar-refractivity contribution in [3.8, 4) is 5.88 Å². The molecule has 0 unspecified atom stereocenters. The number of aromatic nitrogens is 1. The van der Waals surface area contributed by atoms with E-state index in [9.17, 15) is 8.78 Å². The maximum atomic E-state index is 12.0. The molecule has 2 rings (SSSR count). The van der Waals surface area contributed by atoms with Crippen LogP contribution >= 0.6 is 0 Å². The largest absolute Gasteiger partial charge is 0.417 e. The Bertz CT molecular complexity index is 372. The highest BCUT2D eigenvalue weighted by Gasteiger charge is 2.22. The summed E-state index contributed by atoms with van der Waals surface area (Å²) in [4.78, 5) is 3.95. The van der Waals surface area contributed by atoms with Gasteiger partial charge in [0.25, 0.3) is 0 Å². The van der Waals surface area contributed by atoms with Crippen LogP contribution in [0.5, 0.6) is 5.88 Å². The van der Waals surface area contributed by atoms with Crippen molar-refractivity contribution in [1.29, 1.82) is 0 Å². The molecule has 0 spiro atoms. The summed E-state index contributed by atoms with van der Waals surface area (Å²) in [5, 5.41) is 0. The highest BCUT2D eigenvalue weighted by Crippen LogP contribution is 2.37. The van der Waals surface area contributed by atoms with E-state index in [4.69, 9.17) is 0 Å². The van der Waals surface area contributed by atoms with Crippen molar-refractivity contribution in [2.45, 2.75) is 58.0 Å². The predicted molar refractivity (Wildman–Crippen MR) is 70.5 cm³/mol. The zero-order valence-electron chi connectivity index (χ0n) is 11.3. The van der Waals surface area contributed by atoms with Crippen molar-refractivity contribution < 1.29 is 13.5 Å². The molecule has 2 nitrogen and oxygen atoms in total. The minimum Gasteiger partial charge on any atom is -0.417 e. The number of rotatable bonds is 5. The van der Waals surface area contributed by atoms with E-state index in [1.807, 2.05) is 6.07 Å². The second-order valence-electron chi connectivity index (χ2n) is 5.31. The molecular weight excluding hydrogens is 248 g/mol. The van der Waals surface area contributed by atoms with Gasteiger partial charge in [0.15, 0.2) is 0 Å². The first-order chi connectivity index (χ1) is 9.19. The van der Waals surface area contributed by atoms with Gasteiger partial charge in [-0.15, -0.1) is 0 Å². The normalized spacial score (nSPS) is 23.6. The molecule has 0 radical (unpaired) electrons. The summed E-state index contributed by atoms with van der Waals surface area (Å²) < 4.78 is 28.3. The average molecular weight is 269 g/mol. The van der Waals surface area contributed by atoms with Gasteiger partial charge in [-0.2, -0.15) is 8.78 Å². The van der Waals surface area contributed by atoms with Gasteiger partial charge in [0.1, 0.15) is 0 Å². The lowest BCUT2D eigenvalue weighted by molar-refractivity contribution is -0.0528. The second kappa shape index (κ2) is 6.83. The van der Waals surface area contributed by atoms with Crippen molar-refractivity contribution in [3.05, 3.63) is 23.9 Å². The van der Waals surface area contributed by atoms with Gasteiger partial charge in [-0.1, -0.05) is 25.8 Å². The third-order valence-corrected chi connectivity index (χ3v) is 3.98. The Labute approximate surface area is 113 Å². The van der Waals surface area contributed by atoms with Gasteiger partial charge in [-0.25, -0.2) is 4.98 Å². The van der Waals surface area contributed by atoms with Gasteiger partial charge in [0.05, 0.1) is 0 Å². The van der Waals surface area contributed by atoms with E-state index in [0.29, 0.717) is 5.92 Å². The van der Waals surface area contributed by atoms with Crippen LogP contribution in [0.3, 0.4) is 0 Å². The summed E-state index contributed by atoms with van der Waals surface area (Å²) in [6.45, 7) is -0.569. The van der Waals surface area contributed by atoms with E-state index in [1.165, 1.54) is 38.5 Å². The molecule has 1 aromatic rings. The molecule has 1 aromatic heterocycles. The van der Waals surface area contributed by atoms with E-state index in [1.54, 1.807) is 12.3 Å². The molecule has 0 N–H and O–H groups in total. The molecule has 19 heavy (non-hydrogen) atoms. The van der Waals surface area contributed by atoms with Gasteiger partial charge in [-0.05, 0) is 43.1 Å². The van der Waals surface area contributed by atoms with Crippen LogP contribution in [0.25, 0.3) is 0 Å². The van der Waals surface area contributed by atoms with E-state index in [2.05, 4.69) is 16.6 Å². The predicted octanol–water partition coefficient (Wildman–Crippen LogP) is 4.76. The molecule has 0 saturated heterocycles. The summed E-state index contributed by atoms with van der Waals surface area (Å²) in [7, 11) is 0. The Morgan fingerprint density at radius 1 is 1.26 bits per heavy atom. The van der Waals surface area contributed by atoms with Crippen LogP contribution in [0.1, 0.15) is 56.9 Å². The van der Waals surface area contributed by atoms with Crippen molar-refractivity contribution in [1.82, 2.24) is 4.98 Å². The minimum absolute atomic E-state index is 0.00146. The van der Waals surface area contributed by atoms with Crippen LogP contribution in [-0.4, -0.2) is 11.6 Å². The molecule has 1 aliphatic rings. The molecular formula is C15H21F2NO. The molecule has 0 aliphatic heterocycles. The summed E-state index contributed by atoms with van der Waals surface area (Å²) in [5.74, 6) is 1.40. The number of pyridine rings is 1. The molecule has 1 heterocycles. The van der Waals surface area contributed by atoms with Crippen molar-refractivity contribution in [2.75, 3.05) is 0 Å².